The van der Waals surface area contributed by atoms with Crippen molar-refractivity contribution in [3.05, 3.63) is 29.8 Å². The van der Waals surface area contributed by atoms with Crippen LogP contribution >= 0.6 is 0 Å². The number of amides is 2. The van der Waals surface area contributed by atoms with E-state index in [1.54, 1.807) is 7.11 Å². The molecule has 2 fully saturated rings. The van der Waals surface area contributed by atoms with E-state index >= 15 is 0 Å². The van der Waals surface area contributed by atoms with Crippen LogP contribution in [0.5, 0.6) is 5.75 Å². The molecule has 6 heteroatoms. The smallest absolute Gasteiger partial charge is 0.223 e. The molecule has 1 unspecified atom stereocenters. The maximum absolute atomic E-state index is 12.4. The summed E-state index contributed by atoms with van der Waals surface area (Å²) in [6, 6.07) is 7.71. The van der Waals surface area contributed by atoms with Gasteiger partial charge in [-0.2, -0.15) is 0 Å². The third-order valence-corrected chi connectivity index (χ3v) is 5.77. The van der Waals surface area contributed by atoms with Gasteiger partial charge in [0.2, 0.25) is 11.8 Å². The lowest BCUT2D eigenvalue weighted by molar-refractivity contribution is -0.135. The number of rotatable bonds is 7. The van der Waals surface area contributed by atoms with Gasteiger partial charge >= 0.3 is 0 Å². The highest BCUT2D eigenvalue weighted by atomic mass is 16.5. The largest absolute Gasteiger partial charge is 0.497 e. The molecule has 27 heavy (non-hydrogen) atoms. The van der Waals surface area contributed by atoms with Crippen LogP contribution in [0.4, 0.5) is 0 Å². The van der Waals surface area contributed by atoms with Crippen LogP contribution in [0.1, 0.15) is 37.7 Å². The summed E-state index contributed by atoms with van der Waals surface area (Å²) in [6.45, 7) is 4.04. The first kappa shape index (κ1) is 19.7. The molecule has 1 aromatic rings. The van der Waals surface area contributed by atoms with Crippen molar-refractivity contribution in [3.8, 4) is 5.75 Å². The zero-order chi connectivity index (χ0) is 19.1. The van der Waals surface area contributed by atoms with Gasteiger partial charge in [0.15, 0.2) is 0 Å². The highest BCUT2D eigenvalue weighted by Gasteiger charge is 2.27. The van der Waals surface area contributed by atoms with Gasteiger partial charge in [0.05, 0.1) is 7.11 Å². The predicted octanol–water partition coefficient (Wildman–Crippen LogP) is 1.94. The number of benzene rings is 1. The van der Waals surface area contributed by atoms with Crippen molar-refractivity contribution in [2.24, 2.45) is 11.8 Å². The van der Waals surface area contributed by atoms with Gasteiger partial charge < -0.3 is 20.3 Å². The number of carbonyl (C=O) groups is 2. The van der Waals surface area contributed by atoms with E-state index in [0.717, 1.165) is 43.7 Å². The second kappa shape index (κ2) is 9.74. The van der Waals surface area contributed by atoms with Crippen LogP contribution in [0, 0.1) is 11.8 Å². The molecule has 2 saturated heterocycles. The molecule has 0 bridgehead atoms. The lowest BCUT2D eigenvalue weighted by Crippen LogP contribution is -2.43. The fourth-order valence-corrected chi connectivity index (χ4v) is 3.91. The molecule has 1 atom stereocenters. The monoisotopic (exact) mass is 373 g/mol. The summed E-state index contributed by atoms with van der Waals surface area (Å²) < 4.78 is 5.14. The zero-order valence-corrected chi connectivity index (χ0v) is 16.2. The molecule has 6 nitrogen and oxygen atoms in total. The number of nitrogens with zero attached hydrogens (tertiary/aromatic N) is 1. The van der Waals surface area contributed by atoms with E-state index in [0.29, 0.717) is 32.0 Å². The van der Waals surface area contributed by atoms with Gasteiger partial charge in [0, 0.05) is 32.0 Å². The molecule has 2 amide bonds. The summed E-state index contributed by atoms with van der Waals surface area (Å²) in [5.41, 5.74) is 1.05. The van der Waals surface area contributed by atoms with E-state index in [4.69, 9.17) is 4.74 Å². The van der Waals surface area contributed by atoms with Gasteiger partial charge in [0.25, 0.3) is 0 Å². The Morgan fingerprint density at radius 1 is 1.19 bits per heavy atom. The van der Waals surface area contributed by atoms with E-state index in [1.807, 2.05) is 29.2 Å². The fraction of sp³-hybridized carbons (Fsp3) is 0.619. The number of piperidine rings is 1. The maximum atomic E-state index is 12.4. The molecule has 1 aromatic carbocycles. The van der Waals surface area contributed by atoms with Crippen LogP contribution in [0.2, 0.25) is 0 Å². The first-order valence-electron chi connectivity index (χ1n) is 10.0. The molecule has 2 heterocycles. The summed E-state index contributed by atoms with van der Waals surface area (Å²) in [5, 5.41) is 6.37. The second-order valence-electron chi connectivity index (χ2n) is 7.62. The lowest BCUT2D eigenvalue weighted by atomic mass is 9.95. The molecular formula is C21H31N3O3. The number of ether oxygens (including phenoxy) is 1. The third-order valence-electron chi connectivity index (χ3n) is 5.77. The van der Waals surface area contributed by atoms with Crippen molar-refractivity contribution >= 4 is 11.8 Å². The van der Waals surface area contributed by atoms with Gasteiger partial charge in [-0.1, -0.05) is 12.1 Å². The zero-order valence-electron chi connectivity index (χ0n) is 16.2. The van der Waals surface area contributed by atoms with Crippen molar-refractivity contribution in [3.63, 3.8) is 0 Å². The number of nitrogens with one attached hydrogen (secondary N) is 2. The highest BCUT2D eigenvalue weighted by Crippen LogP contribution is 2.21. The molecule has 0 aromatic heterocycles. The average molecular weight is 373 g/mol. The Hall–Kier alpha value is -2.08. The summed E-state index contributed by atoms with van der Waals surface area (Å²) in [6.07, 6.45) is 4.31. The minimum absolute atomic E-state index is 0.00586. The van der Waals surface area contributed by atoms with E-state index in [9.17, 15) is 9.59 Å². The Morgan fingerprint density at radius 3 is 2.56 bits per heavy atom. The van der Waals surface area contributed by atoms with Crippen LogP contribution in [0.25, 0.3) is 0 Å². The van der Waals surface area contributed by atoms with Gasteiger partial charge in [-0.25, -0.2) is 0 Å². The van der Waals surface area contributed by atoms with Crippen molar-refractivity contribution in [2.75, 3.05) is 33.3 Å². The number of likely N-dealkylation sites (tertiary alicyclic amines) is 1. The molecule has 0 aliphatic carbocycles. The minimum Gasteiger partial charge on any atom is -0.497 e. The topological polar surface area (TPSA) is 70.7 Å². The number of carbonyl (C=O) groups excluding carboxylic acids is 2. The molecule has 0 radical (unpaired) electrons. The summed E-state index contributed by atoms with van der Waals surface area (Å²) >= 11 is 0. The lowest BCUT2D eigenvalue weighted by Gasteiger charge is -2.31. The van der Waals surface area contributed by atoms with Gasteiger partial charge in [-0.05, 0) is 62.4 Å². The van der Waals surface area contributed by atoms with Crippen LogP contribution < -0.4 is 15.4 Å². The first-order valence-corrected chi connectivity index (χ1v) is 10.0. The minimum atomic E-state index is 0.00586. The number of methoxy groups -OCH3 is 1. The molecular weight excluding hydrogens is 342 g/mol. The fourth-order valence-electron chi connectivity index (χ4n) is 3.91. The van der Waals surface area contributed by atoms with Gasteiger partial charge in [-0.3, -0.25) is 9.59 Å². The number of hydrogen-bond acceptors (Lipinski definition) is 4. The van der Waals surface area contributed by atoms with Crippen LogP contribution in [0.15, 0.2) is 24.3 Å². The molecule has 3 rings (SSSR count). The van der Waals surface area contributed by atoms with Gasteiger partial charge in [0.1, 0.15) is 5.75 Å². The van der Waals surface area contributed by atoms with Crippen LogP contribution in [-0.2, 0) is 16.1 Å². The van der Waals surface area contributed by atoms with E-state index in [-0.39, 0.29) is 17.7 Å². The van der Waals surface area contributed by atoms with Crippen molar-refractivity contribution < 1.29 is 14.3 Å². The van der Waals surface area contributed by atoms with Crippen molar-refractivity contribution in [1.82, 2.24) is 15.5 Å². The summed E-state index contributed by atoms with van der Waals surface area (Å²) in [4.78, 5) is 26.8. The third kappa shape index (κ3) is 5.70. The van der Waals surface area contributed by atoms with Crippen LogP contribution in [0.3, 0.4) is 0 Å². The van der Waals surface area contributed by atoms with E-state index in [2.05, 4.69) is 10.6 Å². The molecule has 0 spiro atoms. The Morgan fingerprint density at radius 2 is 1.93 bits per heavy atom. The Bertz CT molecular complexity index is 618. The molecule has 0 saturated carbocycles. The standard InChI is InChI=1S/C21H31N3O3/c1-27-19-5-2-16(3-6-19)15-23-21(26)18-9-12-24(13-10-18)20(25)7-4-17-8-11-22-14-17/h2-3,5-6,17-18,22H,4,7-15H2,1H3,(H,23,26). The highest BCUT2D eigenvalue weighted by molar-refractivity contribution is 5.80. The number of hydrogen-bond donors (Lipinski definition) is 2. The van der Waals surface area contributed by atoms with Crippen molar-refractivity contribution in [2.45, 2.75) is 38.6 Å². The second-order valence-corrected chi connectivity index (χ2v) is 7.62. The summed E-state index contributed by atoms with van der Waals surface area (Å²) in [5.74, 6) is 1.81. The molecule has 148 valence electrons. The van der Waals surface area contributed by atoms with Crippen molar-refractivity contribution in [1.29, 1.82) is 0 Å². The molecule has 2 N–H and O–H groups in total. The average Bonchev–Trinajstić information content (AvgIpc) is 3.24. The molecule has 2 aliphatic rings. The normalized spacial score (nSPS) is 20.5. The van der Waals surface area contributed by atoms with E-state index < -0.39 is 0 Å². The first-order chi connectivity index (χ1) is 13.2. The van der Waals surface area contributed by atoms with Crippen LogP contribution in [-0.4, -0.2) is 50.0 Å². The molecule has 2 aliphatic heterocycles. The van der Waals surface area contributed by atoms with E-state index in [1.165, 1.54) is 6.42 Å². The Labute approximate surface area is 161 Å². The van der Waals surface area contributed by atoms with Gasteiger partial charge in [-0.15, -0.1) is 0 Å². The summed E-state index contributed by atoms with van der Waals surface area (Å²) in [7, 11) is 1.64. The maximum Gasteiger partial charge on any atom is 0.223 e. The predicted molar refractivity (Wildman–Crippen MR) is 104 cm³/mol. The SMILES string of the molecule is COc1ccc(CNC(=O)C2CCN(C(=O)CCC3CCNC3)CC2)cc1. The Kier molecular flexibility index (Phi) is 7.10. The Balaban J connectivity index is 1.36. The quantitative estimate of drug-likeness (QED) is 0.766.